The first-order valence-electron chi connectivity index (χ1n) is 10.1. The summed E-state index contributed by atoms with van der Waals surface area (Å²) >= 11 is 6.10. The molecule has 1 aromatic heterocycles. The van der Waals surface area contributed by atoms with E-state index in [2.05, 4.69) is 10.2 Å². The first-order valence-corrected chi connectivity index (χ1v) is 11.9. The van der Waals surface area contributed by atoms with Gasteiger partial charge >= 0.3 is 0 Å². The van der Waals surface area contributed by atoms with Crippen molar-refractivity contribution in [3.05, 3.63) is 65.7 Å². The number of rotatable bonds is 6. The predicted octanol–water partition coefficient (Wildman–Crippen LogP) is 3.71. The molecule has 31 heavy (non-hydrogen) atoms. The van der Waals surface area contributed by atoms with E-state index >= 15 is 0 Å². The van der Waals surface area contributed by atoms with Gasteiger partial charge in [-0.25, -0.2) is 8.42 Å². The number of hydrogen-bond acceptors (Lipinski definition) is 6. The molecule has 7 nitrogen and oxygen atoms in total. The summed E-state index contributed by atoms with van der Waals surface area (Å²) < 4.78 is 32.7. The number of sulfonamides is 1. The maximum Gasteiger partial charge on any atom is 0.244 e. The fraction of sp³-hybridized carbons (Fsp3) is 0.273. The highest BCUT2D eigenvalue weighted by Crippen LogP contribution is 2.26. The Bertz CT molecular complexity index is 1130. The monoisotopic (exact) mass is 458 g/mol. The summed E-state index contributed by atoms with van der Waals surface area (Å²) in [6.45, 7) is 4.35. The fourth-order valence-corrected chi connectivity index (χ4v) is 5.40. The second-order valence-corrected chi connectivity index (χ2v) is 9.37. The molecule has 0 aliphatic carbocycles. The molecule has 0 spiro atoms. The largest absolute Gasteiger partial charge is 0.494 e. The van der Waals surface area contributed by atoms with Crippen molar-refractivity contribution < 1.29 is 13.2 Å². The molecule has 162 valence electrons. The van der Waals surface area contributed by atoms with Crippen molar-refractivity contribution in [2.24, 2.45) is 0 Å². The number of halogens is 1. The van der Waals surface area contributed by atoms with Crippen LogP contribution in [0.1, 0.15) is 6.92 Å². The van der Waals surface area contributed by atoms with Gasteiger partial charge in [-0.2, -0.15) is 4.31 Å². The molecular weight excluding hydrogens is 436 g/mol. The topological polar surface area (TPSA) is 75.6 Å². The van der Waals surface area contributed by atoms with E-state index in [-0.39, 0.29) is 9.92 Å². The van der Waals surface area contributed by atoms with E-state index in [9.17, 15) is 8.42 Å². The zero-order chi connectivity index (χ0) is 21.8. The first kappa shape index (κ1) is 21.5. The minimum Gasteiger partial charge on any atom is -0.494 e. The van der Waals surface area contributed by atoms with Crippen molar-refractivity contribution in [2.75, 3.05) is 37.7 Å². The summed E-state index contributed by atoms with van der Waals surface area (Å²) in [5.74, 6) is 1.55. The van der Waals surface area contributed by atoms with Gasteiger partial charge in [0.25, 0.3) is 0 Å². The Kier molecular flexibility index (Phi) is 6.41. The van der Waals surface area contributed by atoms with Gasteiger partial charge in [-0.15, -0.1) is 10.2 Å². The molecule has 1 fully saturated rings. The molecule has 9 heteroatoms. The maximum atomic E-state index is 12.9. The van der Waals surface area contributed by atoms with E-state index < -0.39 is 10.0 Å². The van der Waals surface area contributed by atoms with Crippen molar-refractivity contribution in [1.82, 2.24) is 14.5 Å². The van der Waals surface area contributed by atoms with Gasteiger partial charge in [-0.3, -0.25) is 0 Å². The normalized spacial score (nSPS) is 15.1. The lowest BCUT2D eigenvalue weighted by atomic mass is 10.1. The lowest BCUT2D eigenvalue weighted by Crippen LogP contribution is -2.49. The van der Waals surface area contributed by atoms with Gasteiger partial charge in [0.2, 0.25) is 10.0 Å². The molecule has 0 atom stereocenters. The van der Waals surface area contributed by atoms with Crippen LogP contribution in [0, 0.1) is 0 Å². The summed E-state index contributed by atoms with van der Waals surface area (Å²) in [7, 11) is -3.62. The van der Waals surface area contributed by atoms with Crippen LogP contribution in [0.15, 0.2) is 65.6 Å². The van der Waals surface area contributed by atoms with Gasteiger partial charge in [-0.05, 0) is 55.5 Å². The van der Waals surface area contributed by atoms with Gasteiger partial charge in [0.1, 0.15) is 10.6 Å². The number of aromatic nitrogens is 2. The van der Waals surface area contributed by atoms with Gasteiger partial charge < -0.3 is 9.64 Å². The molecule has 4 rings (SSSR count). The number of benzene rings is 2. The van der Waals surface area contributed by atoms with E-state index in [1.54, 1.807) is 18.2 Å². The minimum atomic E-state index is -3.62. The van der Waals surface area contributed by atoms with E-state index in [1.165, 1.54) is 10.4 Å². The molecule has 3 aromatic rings. The van der Waals surface area contributed by atoms with Gasteiger partial charge in [0.15, 0.2) is 5.82 Å². The number of hydrogen-bond donors (Lipinski definition) is 0. The minimum absolute atomic E-state index is 0.143. The van der Waals surface area contributed by atoms with Crippen molar-refractivity contribution in [2.45, 2.75) is 11.8 Å². The third kappa shape index (κ3) is 4.66. The molecule has 0 amide bonds. The van der Waals surface area contributed by atoms with Crippen LogP contribution >= 0.6 is 11.6 Å². The zero-order valence-corrected chi connectivity index (χ0v) is 18.7. The third-order valence-electron chi connectivity index (χ3n) is 5.13. The molecule has 0 unspecified atom stereocenters. The Morgan fingerprint density at radius 3 is 2.26 bits per heavy atom. The highest BCUT2D eigenvalue weighted by atomic mass is 35.5. The molecular formula is C22H23ClN4O3S. The Morgan fingerprint density at radius 1 is 0.935 bits per heavy atom. The van der Waals surface area contributed by atoms with Crippen LogP contribution in [0.5, 0.6) is 5.75 Å². The van der Waals surface area contributed by atoms with Crippen molar-refractivity contribution >= 4 is 27.4 Å². The van der Waals surface area contributed by atoms with Crippen LogP contribution in [0.4, 0.5) is 5.82 Å². The predicted molar refractivity (Wildman–Crippen MR) is 121 cm³/mol. The lowest BCUT2D eigenvalue weighted by Gasteiger charge is -2.34. The second kappa shape index (κ2) is 9.21. The summed E-state index contributed by atoms with van der Waals surface area (Å²) in [6, 6.07) is 18.1. The Balaban J connectivity index is 1.41. The molecule has 2 heterocycles. The van der Waals surface area contributed by atoms with Gasteiger partial charge in [0.05, 0.1) is 17.3 Å². The fourth-order valence-electron chi connectivity index (χ4n) is 3.49. The standard InChI is InChI=1S/C22H23ClN4O3S/c1-2-30-18-9-7-17(8-10-18)20-11-12-22(25-24-20)26-13-15-27(16-14-26)31(28,29)21-6-4-3-5-19(21)23/h3-12H,2,13-16H2,1H3. The van der Waals surface area contributed by atoms with Crippen LogP contribution in [0.3, 0.4) is 0 Å². The van der Waals surface area contributed by atoms with Crippen LogP contribution in [-0.2, 0) is 10.0 Å². The van der Waals surface area contributed by atoms with Crippen molar-refractivity contribution in [3.8, 4) is 17.0 Å². The quantitative estimate of drug-likeness (QED) is 0.560. The Labute approximate surface area is 187 Å². The third-order valence-corrected chi connectivity index (χ3v) is 7.53. The number of piperazine rings is 1. The first-order chi connectivity index (χ1) is 15.0. The average Bonchev–Trinajstić information content (AvgIpc) is 2.80. The molecule has 0 saturated carbocycles. The van der Waals surface area contributed by atoms with Crippen LogP contribution in [0.2, 0.25) is 5.02 Å². The van der Waals surface area contributed by atoms with Crippen molar-refractivity contribution in [3.63, 3.8) is 0 Å². The smallest absolute Gasteiger partial charge is 0.244 e. The second-order valence-electron chi connectivity index (χ2n) is 7.06. The molecule has 0 N–H and O–H groups in total. The van der Waals surface area contributed by atoms with Crippen LogP contribution < -0.4 is 9.64 Å². The summed E-state index contributed by atoms with van der Waals surface area (Å²) in [5, 5.41) is 8.93. The SMILES string of the molecule is CCOc1ccc(-c2ccc(N3CCN(S(=O)(=O)c4ccccc4Cl)CC3)nn2)cc1. The Hall–Kier alpha value is -2.68. The van der Waals surface area contributed by atoms with Gasteiger partial charge in [-0.1, -0.05) is 23.7 Å². The molecule has 0 bridgehead atoms. The highest BCUT2D eigenvalue weighted by molar-refractivity contribution is 7.89. The maximum absolute atomic E-state index is 12.9. The van der Waals surface area contributed by atoms with Crippen LogP contribution in [-0.4, -0.2) is 55.7 Å². The zero-order valence-electron chi connectivity index (χ0n) is 17.1. The van der Waals surface area contributed by atoms with E-state index in [0.29, 0.717) is 32.8 Å². The number of anilines is 1. The Morgan fingerprint density at radius 2 is 1.65 bits per heavy atom. The van der Waals surface area contributed by atoms with E-state index in [4.69, 9.17) is 16.3 Å². The summed E-state index contributed by atoms with van der Waals surface area (Å²) in [4.78, 5) is 2.18. The number of ether oxygens (including phenoxy) is 1. The molecule has 1 saturated heterocycles. The van der Waals surface area contributed by atoms with E-state index in [1.807, 2.05) is 48.2 Å². The summed E-state index contributed by atoms with van der Waals surface area (Å²) in [5.41, 5.74) is 1.73. The van der Waals surface area contributed by atoms with E-state index in [0.717, 1.165) is 22.8 Å². The van der Waals surface area contributed by atoms with Crippen molar-refractivity contribution in [1.29, 1.82) is 0 Å². The van der Waals surface area contributed by atoms with Gasteiger partial charge in [0, 0.05) is 31.7 Å². The summed E-state index contributed by atoms with van der Waals surface area (Å²) in [6.07, 6.45) is 0. The lowest BCUT2D eigenvalue weighted by molar-refractivity contribution is 0.340. The number of nitrogens with zero attached hydrogens (tertiary/aromatic N) is 4. The highest BCUT2D eigenvalue weighted by Gasteiger charge is 2.30. The van der Waals surface area contributed by atoms with Crippen LogP contribution in [0.25, 0.3) is 11.3 Å². The molecule has 0 radical (unpaired) electrons. The molecule has 1 aliphatic rings. The average molecular weight is 459 g/mol. The molecule has 1 aliphatic heterocycles. The molecule has 2 aromatic carbocycles.